The van der Waals surface area contributed by atoms with Gasteiger partial charge in [-0.15, -0.1) is 0 Å². The fourth-order valence-corrected chi connectivity index (χ4v) is 1.70. The van der Waals surface area contributed by atoms with Crippen molar-refractivity contribution in [2.75, 3.05) is 6.61 Å². The molecule has 0 bridgehead atoms. The van der Waals surface area contributed by atoms with E-state index < -0.39 is 11.8 Å². The van der Waals surface area contributed by atoms with Gasteiger partial charge in [-0.2, -0.15) is 13.2 Å². The molecule has 1 aliphatic carbocycles. The predicted octanol–water partition coefficient (Wildman–Crippen LogP) is 3.53. The molecular weight excluding hydrogens is 193 g/mol. The molecule has 0 N–H and O–H groups in total. The van der Waals surface area contributed by atoms with Gasteiger partial charge in [0.15, 0.2) is 5.60 Å². The Kier molecular flexibility index (Phi) is 3.45. The molecule has 0 aromatic rings. The molecule has 1 saturated carbocycles. The minimum Gasteiger partial charge on any atom is -0.366 e. The summed E-state index contributed by atoms with van der Waals surface area (Å²) in [6.45, 7) is 3.19. The molecule has 1 atom stereocenters. The van der Waals surface area contributed by atoms with E-state index in [2.05, 4.69) is 0 Å². The zero-order valence-electron chi connectivity index (χ0n) is 8.66. The highest BCUT2D eigenvalue weighted by atomic mass is 19.4. The second kappa shape index (κ2) is 4.09. The molecule has 0 aromatic carbocycles. The van der Waals surface area contributed by atoms with E-state index in [4.69, 9.17) is 4.74 Å². The van der Waals surface area contributed by atoms with E-state index in [1.54, 1.807) is 0 Å². The minimum atomic E-state index is -4.24. The Hall–Kier alpha value is -0.250. The molecule has 0 heterocycles. The molecule has 0 spiro atoms. The van der Waals surface area contributed by atoms with Crippen LogP contribution in [0, 0.1) is 5.92 Å². The van der Waals surface area contributed by atoms with E-state index in [0.29, 0.717) is 19.3 Å². The first-order chi connectivity index (χ1) is 6.42. The van der Waals surface area contributed by atoms with Crippen LogP contribution < -0.4 is 0 Å². The second-order valence-corrected chi connectivity index (χ2v) is 4.08. The van der Waals surface area contributed by atoms with Crippen molar-refractivity contribution in [2.24, 2.45) is 5.92 Å². The van der Waals surface area contributed by atoms with Gasteiger partial charge in [0, 0.05) is 6.61 Å². The molecule has 0 radical (unpaired) electrons. The van der Waals surface area contributed by atoms with Gasteiger partial charge in [0.25, 0.3) is 0 Å². The molecule has 1 aliphatic rings. The lowest BCUT2D eigenvalue weighted by Crippen LogP contribution is -2.53. The maximum Gasteiger partial charge on any atom is 0.417 e. The van der Waals surface area contributed by atoms with Crippen molar-refractivity contribution in [3.63, 3.8) is 0 Å². The van der Waals surface area contributed by atoms with Crippen molar-refractivity contribution in [2.45, 2.75) is 51.3 Å². The van der Waals surface area contributed by atoms with Gasteiger partial charge in [0.2, 0.25) is 0 Å². The normalized spacial score (nSPS) is 22.9. The Labute approximate surface area is 82.6 Å². The second-order valence-electron chi connectivity index (χ2n) is 4.08. The summed E-state index contributed by atoms with van der Waals surface area (Å²) < 4.78 is 43.3. The summed E-state index contributed by atoms with van der Waals surface area (Å²) in [4.78, 5) is 0. The lowest BCUT2D eigenvalue weighted by atomic mass is 9.73. The van der Waals surface area contributed by atoms with Gasteiger partial charge >= 0.3 is 6.18 Å². The number of ether oxygens (including phenoxy) is 1. The SMILES string of the molecule is CCCOC(C)(C1CCC1)C(F)(F)F. The summed E-state index contributed by atoms with van der Waals surface area (Å²) in [7, 11) is 0. The lowest BCUT2D eigenvalue weighted by molar-refractivity contribution is -0.297. The molecule has 4 heteroatoms. The number of hydrogen-bond acceptors (Lipinski definition) is 1. The summed E-state index contributed by atoms with van der Waals surface area (Å²) >= 11 is 0. The Morgan fingerprint density at radius 3 is 2.14 bits per heavy atom. The molecular formula is C10H17F3O. The van der Waals surface area contributed by atoms with E-state index in [-0.39, 0.29) is 12.5 Å². The molecule has 0 amide bonds. The van der Waals surface area contributed by atoms with Crippen LogP contribution >= 0.6 is 0 Å². The lowest BCUT2D eigenvalue weighted by Gasteiger charge is -2.43. The third-order valence-electron chi connectivity index (χ3n) is 3.05. The molecule has 0 aromatic heterocycles. The van der Waals surface area contributed by atoms with Crippen LogP contribution in [0.25, 0.3) is 0 Å². The quantitative estimate of drug-likeness (QED) is 0.689. The number of halogens is 3. The van der Waals surface area contributed by atoms with Crippen LogP contribution in [0.4, 0.5) is 13.2 Å². The molecule has 0 aliphatic heterocycles. The fraction of sp³-hybridized carbons (Fsp3) is 1.00. The van der Waals surface area contributed by atoms with Crippen molar-refractivity contribution in [3.05, 3.63) is 0 Å². The van der Waals surface area contributed by atoms with Gasteiger partial charge in [-0.1, -0.05) is 13.3 Å². The molecule has 14 heavy (non-hydrogen) atoms. The zero-order chi connectivity index (χ0) is 10.8. The van der Waals surface area contributed by atoms with E-state index in [1.807, 2.05) is 6.92 Å². The number of hydrogen-bond donors (Lipinski definition) is 0. The first-order valence-corrected chi connectivity index (χ1v) is 5.12. The van der Waals surface area contributed by atoms with E-state index in [9.17, 15) is 13.2 Å². The monoisotopic (exact) mass is 210 g/mol. The molecule has 1 nitrogen and oxygen atoms in total. The smallest absolute Gasteiger partial charge is 0.366 e. The van der Waals surface area contributed by atoms with Crippen LogP contribution in [-0.4, -0.2) is 18.4 Å². The van der Waals surface area contributed by atoms with Gasteiger partial charge in [0.1, 0.15) is 0 Å². The van der Waals surface area contributed by atoms with Crippen LogP contribution in [0.15, 0.2) is 0 Å². The Morgan fingerprint density at radius 2 is 1.86 bits per heavy atom. The summed E-state index contributed by atoms with van der Waals surface area (Å²) in [5.74, 6) is -0.339. The minimum absolute atomic E-state index is 0.187. The standard InChI is InChI=1S/C10H17F3O/c1-3-7-14-9(2,10(11,12)13)8-5-4-6-8/h8H,3-7H2,1-2H3. The highest BCUT2D eigenvalue weighted by Crippen LogP contribution is 2.47. The molecule has 1 rings (SSSR count). The first kappa shape index (κ1) is 11.8. The Balaban J connectivity index is 2.67. The van der Waals surface area contributed by atoms with Crippen molar-refractivity contribution in [1.82, 2.24) is 0 Å². The van der Waals surface area contributed by atoms with Crippen LogP contribution in [0.3, 0.4) is 0 Å². The van der Waals surface area contributed by atoms with Gasteiger partial charge < -0.3 is 4.74 Å². The number of rotatable bonds is 4. The highest BCUT2D eigenvalue weighted by molar-refractivity contribution is 4.94. The van der Waals surface area contributed by atoms with Gasteiger partial charge in [-0.05, 0) is 32.1 Å². The molecule has 84 valence electrons. The zero-order valence-corrected chi connectivity index (χ0v) is 8.66. The van der Waals surface area contributed by atoms with Crippen molar-refractivity contribution < 1.29 is 17.9 Å². The maximum absolute atomic E-state index is 12.8. The summed E-state index contributed by atoms with van der Waals surface area (Å²) in [5, 5.41) is 0. The summed E-state index contributed by atoms with van der Waals surface area (Å²) in [5.41, 5.74) is -1.92. The van der Waals surface area contributed by atoms with Crippen LogP contribution in [0.2, 0.25) is 0 Å². The number of alkyl halides is 3. The average Bonchev–Trinajstić information content (AvgIpc) is 1.95. The topological polar surface area (TPSA) is 9.23 Å². The van der Waals surface area contributed by atoms with E-state index >= 15 is 0 Å². The van der Waals surface area contributed by atoms with Gasteiger partial charge in [-0.25, -0.2) is 0 Å². The predicted molar refractivity (Wildman–Crippen MR) is 48.0 cm³/mol. The van der Waals surface area contributed by atoms with Gasteiger partial charge in [0.05, 0.1) is 0 Å². The first-order valence-electron chi connectivity index (χ1n) is 5.12. The fourth-order valence-electron chi connectivity index (χ4n) is 1.70. The Bertz CT molecular complexity index is 186. The van der Waals surface area contributed by atoms with Crippen molar-refractivity contribution in [3.8, 4) is 0 Å². The van der Waals surface area contributed by atoms with E-state index in [0.717, 1.165) is 6.42 Å². The average molecular weight is 210 g/mol. The van der Waals surface area contributed by atoms with Crippen LogP contribution in [0.5, 0.6) is 0 Å². The van der Waals surface area contributed by atoms with Crippen LogP contribution in [-0.2, 0) is 4.74 Å². The van der Waals surface area contributed by atoms with Crippen molar-refractivity contribution in [1.29, 1.82) is 0 Å². The molecule has 1 fully saturated rings. The Morgan fingerprint density at radius 1 is 1.29 bits per heavy atom. The third-order valence-corrected chi connectivity index (χ3v) is 3.05. The highest BCUT2D eigenvalue weighted by Gasteiger charge is 2.58. The van der Waals surface area contributed by atoms with E-state index in [1.165, 1.54) is 6.92 Å². The maximum atomic E-state index is 12.8. The summed E-state index contributed by atoms with van der Waals surface area (Å²) in [6, 6.07) is 0. The van der Waals surface area contributed by atoms with Crippen LogP contribution in [0.1, 0.15) is 39.5 Å². The molecule has 1 unspecified atom stereocenters. The van der Waals surface area contributed by atoms with Gasteiger partial charge in [-0.3, -0.25) is 0 Å². The molecule has 0 saturated heterocycles. The van der Waals surface area contributed by atoms with Crippen molar-refractivity contribution >= 4 is 0 Å². The third kappa shape index (κ3) is 2.05. The summed E-state index contributed by atoms with van der Waals surface area (Å²) in [6.07, 6.45) is -1.45. The largest absolute Gasteiger partial charge is 0.417 e.